The molecule has 2 unspecified atom stereocenters. The molecule has 4 nitrogen and oxygen atoms in total. The number of hydrogen-bond acceptors (Lipinski definition) is 3. The van der Waals surface area contributed by atoms with E-state index < -0.39 is 0 Å². The Morgan fingerprint density at radius 3 is 3.00 bits per heavy atom. The number of hydrogen-bond donors (Lipinski definition) is 1. The average molecular weight is 260 g/mol. The highest BCUT2D eigenvalue weighted by atomic mass is 16.5. The summed E-state index contributed by atoms with van der Waals surface area (Å²) in [4.78, 5) is 14.1. The largest absolute Gasteiger partial charge is 0.381 e. The third-order valence-electron chi connectivity index (χ3n) is 4.04. The highest BCUT2D eigenvalue weighted by molar-refractivity contribution is 5.81. The summed E-state index contributed by atoms with van der Waals surface area (Å²) in [6, 6.07) is 8.26. The Morgan fingerprint density at radius 1 is 1.42 bits per heavy atom. The van der Waals surface area contributed by atoms with Gasteiger partial charge >= 0.3 is 0 Å². The summed E-state index contributed by atoms with van der Waals surface area (Å²) in [7, 11) is 0. The lowest BCUT2D eigenvalue weighted by Gasteiger charge is -2.27. The number of carbonyl (C=O) groups excluding carboxylic acids is 1. The van der Waals surface area contributed by atoms with Crippen LogP contribution in [0.1, 0.15) is 23.7 Å². The van der Waals surface area contributed by atoms with E-state index in [4.69, 9.17) is 4.74 Å². The van der Waals surface area contributed by atoms with Crippen molar-refractivity contribution in [1.29, 1.82) is 0 Å². The molecule has 0 aliphatic carbocycles. The van der Waals surface area contributed by atoms with Crippen LogP contribution in [0, 0.1) is 12.8 Å². The molecule has 2 aliphatic heterocycles. The fourth-order valence-corrected chi connectivity index (χ4v) is 2.92. The van der Waals surface area contributed by atoms with Gasteiger partial charge in [-0.1, -0.05) is 24.3 Å². The van der Waals surface area contributed by atoms with Crippen molar-refractivity contribution in [3.05, 3.63) is 35.4 Å². The van der Waals surface area contributed by atoms with E-state index in [1.165, 1.54) is 11.1 Å². The molecule has 2 saturated heterocycles. The van der Waals surface area contributed by atoms with E-state index in [1.807, 2.05) is 17.0 Å². The highest BCUT2D eigenvalue weighted by Crippen LogP contribution is 2.27. The number of benzene rings is 1. The number of aryl methyl sites for hydroxylation is 1. The van der Waals surface area contributed by atoms with Crippen LogP contribution >= 0.6 is 0 Å². The molecule has 1 amide bonds. The molecule has 0 aromatic heterocycles. The van der Waals surface area contributed by atoms with Crippen molar-refractivity contribution < 1.29 is 9.53 Å². The van der Waals surface area contributed by atoms with E-state index in [1.54, 1.807) is 0 Å². The maximum Gasteiger partial charge on any atom is 0.238 e. The maximum absolute atomic E-state index is 12.1. The molecule has 4 heteroatoms. The minimum Gasteiger partial charge on any atom is -0.381 e. The van der Waals surface area contributed by atoms with Crippen LogP contribution in [0.5, 0.6) is 0 Å². The lowest BCUT2D eigenvalue weighted by Crippen LogP contribution is -2.35. The molecule has 19 heavy (non-hydrogen) atoms. The molecule has 0 radical (unpaired) electrons. The van der Waals surface area contributed by atoms with E-state index in [0.29, 0.717) is 12.5 Å². The van der Waals surface area contributed by atoms with Crippen LogP contribution in [0.2, 0.25) is 0 Å². The van der Waals surface area contributed by atoms with Gasteiger partial charge in [0, 0.05) is 19.1 Å². The quantitative estimate of drug-likeness (QED) is 0.894. The van der Waals surface area contributed by atoms with Crippen molar-refractivity contribution in [3.8, 4) is 0 Å². The van der Waals surface area contributed by atoms with Gasteiger partial charge in [-0.15, -0.1) is 0 Å². The molecular weight excluding hydrogens is 240 g/mol. The third kappa shape index (κ3) is 2.51. The highest BCUT2D eigenvalue weighted by Gasteiger charge is 2.34. The molecule has 0 saturated carbocycles. The Morgan fingerprint density at radius 2 is 2.26 bits per heavy atom. The molecule has 0 spiro atoms. The Bertz CT molecular complexity index is 469. The molecule has 0 bridgehead atoms. The summed E-state index contributed by atoms with van der Waals surface area (Å²) in [5.74, 6) is 0.676. The first-order chi connectivity index (χ1) is 9.25. The zero-order chi connectivity index (χ0) is 13.2. The zero-order valence-electron chi connectivity index (χ0n) is 11.3. The predicted octanol–water partition coefficient (Wildman–Crippen LogP) is 1.46. The fourth-order valence-electron chi connectivity index (χ4n) is 2.92. The van der Waals surface area contributed by atoms with E-state index in [-0.39, 0.29) is 12.1 Å². The smallest absolute Gasteiger partial charge is 0.238 e. The number of carbonyl (C=O) groups is 1. The van der Waals surface area contributed by atoms with Gasteiger partial charge < -0.3 is 9.64 Å². The molecule has 1 N–H and O–H groups in total. The van der Waals surface area contributed by atoms with Gasteiger partial charge in [-0.2, -0.15) is 0 Å². The first kappa shape index (κ1) is 12.6. The monoisotopic (exact) mass is 260 g/mol. The Kier molecular flexibility index (Phi) is 3.53. The van der Waals surface area contributed by atoms with E-state index in [0.717, 1.165) is 26.2 Å². The first-order valence-corrected chi connectivity index (χ1v) is 6.92. The topological polar surface area (TPSA) is 41.6 Å². The summed E-state index contributed by atoms with van der Waals surface area (Å²) in [6.45, 7) is 4.94. The minimum atomic E-state index is 0.0225. The van der Waals surface area contributed by atoms with Crippen molar-refractivity contribution in [2.24, 2.45) is 5.92 Å². The van der Waals surface area contributed by atoms with Gasteiger partial charge in [-0.05, 0) is 24.5 Å². The van der Waals surface area contributed by atoms with Crippen LogP contribution in [0.3, 0.4) is 0 Å². The van der Waals surface area contributed by atoms with Gasteiger partial charge in [-0.3, -0.25) is 10.1 Å². The zero-order valence-corrected chi connectivity index (χ0v) is 11.3. The molecule has 2 aliphatic rings. The minimum absolute atomic E-state index is 0.0225. The molecule has 102 valence electrons. The Hall–Kier alpha value is -1.39. The summed E-state index contributed by atoms with van der Waals surface area (Å²) in [5.41, 5.74) is 2.43. The van der Waals surface area contributed by atoms with E-state index in [9.17, 15) is 4.79 Å². The number of rotatable bonds is 3. The van der Waals surface area contributed by atoms with Crippen molar-refractivity contribution in [1.82, 2.24) is 10.2 Å². The number of nitrogens with one attached hydrogen (secondary N) is 1. The van der Waals surface area contributed by atoms with Gasteiger partial charge in [0.2, 0.25) is 5.91 Å². The molecule has 2 fully saturated rings. The molecule has 1 aromatic carbocycles. The van der Waals surface area contributed by atoms with Crippen molar-refractivity contribution in [3.63, 3.8) is 0 Å². The van der Waals surface area contributed by atoms with Crippen molar-refractivity contribution >= 4 is 5.91 Å². The second-order valence-corrected chi connectivity index (χ2v) is 5.42. The lowest BCUT2D eigenvalue weighted by molar-refractivity contribution is -0.128. The van der Waals surface area contributed by atoms with Crippen molar-refractivity contribution in [2.45, 2.75) is 19.5 Å². The first-order valence-electron chi connectivity index (χ1n) is 6.92. The molecule has 1 aromatic rings. The summed E-state index contributed by atoms with van der Waals surface area (Å²) in [5, 5.41) is 3.32. The second kappa shape index (κ2) is 5.31. The van der Waals surface area contributed by atoms with E-state index >= 15 is 0 Å². The van der Waals surface area contributed by atoms with Crippen LogP contribution in [-0.2, 0) is 9.53 Å². The second-order valence-electron chi connectivity index (χ2n) is 5.42. The van der Waals surface area contributed by atoms with Gasteiger partial charge in [0.1, 0.15) is 6.17 Å². The van der Waals surface area contributed by atoms with Gasteiger partial charge in [0.25, 0.3) is 0 Å². The van der Waals surface area contributed by atoms with Crippen LogP contribution in [0.4, 0.5) is 0 Å². The Balaban J connectivity index is 1.79. The SMILES string of the molecule is Cc1ccccc1C1NCC(=O)N1CC1CCOC1. The number of amides is 1. The average Bonchev–Trinajstić information content (AvgIpc) is 3.03. The van der Waals surface area contributed by atoms with Crippen LogP contribution in [-0.4, -0.2) is 37.1 Å². The summed E-state index contributed by atoms with van der Waals surface area (Å²) >= 11 is 0. The molecular formula is C15H20N2O2. The maximum atomic E-state index is 12.1. The normalized spacial score (nSPS) is 27.2. The van der Waals surface area contributed by atoms with Crippen LogP contribution in [0.15, 0.2) is 24.3 Å². The lowest BCUT2D eigenvalue weighted by atomic mass is 10.0. The summed E-state index contributed by atoms with van der Waals surface area (Å²) < 4.78 is 5.41. The van der Waals surface area contributed by atoms with E-state index in [2.05, 4.69) is 24.4 Å². The molecule has 2 heterocycles. The fraction of sp³-hybridized carbons (Fsp3) is 0.533. The van der Waals surface area contributed by atoms with Crippen LogP contribution in [0.25, 0.3) is 0 Å². The third-order valence-corrected chi connectivity index (χ3v) is 4.04. The standard InChI is InChI=1S/C15H20N2O2/c1-11-4-2-3-5-13(11)15-16-8-14(18)17(15)9-12-6-7-19-10-12/h2-5,12,15-16H,6-10H2,1H3. The molecule has 3 rings (SSSR count). The number of ether oxygens (including phenoxy) is 1. The predicted molar refractivity (Wildman–Crippen MR) is 72.6 cm³/mol. The van der Waals surface area contributed by atoms with Gasteiger partial charge in [-0.25, -0.2) is 0 Å². The van der Waals surface area contributed by atoms with Crippen molar-refractivity contribution in [2.75, 3.05) is 26.3 Å². The summed E-state index contributed by atoms with van der Waals surface area (Å²) in [6.07, 6.45) is 1.08. The molecule has 2 atom stereocenters. The van der Waals surface area contributed by atoms with Gasteiger partial charge in [0.15, 0.2) is 0 Å². The number of nitrogens with zero attached hydrogens (tertiary/aromatic N) is 1. The van der Waals surface area contributed by atoms with Crippen LogP contribution < -0.4 is 5.32 Å². The van der Waals surface area contributed by atoms with Gasteiger partial charge in [0.05, 0.1) is 13.2 Å². The Labute approximate surface area is 113 Å².